The molecule has 0 atom stereocenters. The Morgan fingerprint density at radius 1 is 1.15 bits per heavy atom. The number of nitrogens with zero attached hydrogens (tertiary/aromatic N) is 4. The Bertz CT molecular complexity index is 1110. The number of piperidine rings is 1. The summed E-state index contributed by atoms with van der Waals surface area (Å²) >= 11 is 0. The molecule has 8 heteroatoms. The first kappa shape index (κ1) is 22.8. The maximum absolute atomic E-state index is 13.7. The van der Waals surface area contributed by atoms with Gasteiger partial charge in [-0.3, -0.25) is 9.88 Å². The number of oxime groups is 1. The zero-order chi connectivity index (χ0) is 23.2. The van der Waals surface area contributed by atoms with Crippen LogP contribution in [0.2, 0.25) is 0 Å². The molecule has 33 heavy (non-hydrogen) atoms. The molecule has 2 aromatic heterocycles. The van der Waals surface area contributed by atoms with Crippen molar-refractivity contribution in [3.63, 3.8) is 0 Å². The van der Waals surface area contributed by atoms with E-state index < -0.39 is 11.6 Å². The Hall–Kier alpha value is -3.39. The molecular weight excluding hydrogens is 426 g/mol. The molecule has 4 rings (SSSR count). The Labute approximate surface area is 191 Å². The van der Waals surface area contributed by atoms with Gasteiger partial charge >= 0.3 is 0 Å². The highest BCUT2D eigenvalue weighted by Crippen LogP contribution is 2.27. The van der Waals surface area contributed by atoms with Crippen molar-refractivity contribution in [2.45, 2.75) is 32.2 Å². The third-order valence-electron chi connectivity index (χ3n) is 5.82. The summed E-state index contributed by atoms with van der Waals surface area (Å²) in [6.07, 6.45) is 6.82. The van der Waals surface area contributed by atoms with E-state index in [2.05, 4.69) is 15.0 Å². The van der Waals surface area contributed by atoms with Crippen LogP contribution >= 0.6 is 0 Å². The third-order valence-corrected chi connectivity index (χ3v) is 5.82. The minimum atomic E-state index is -0.940. The zero-order valence-corrected chi connectivity index (χ0v) is 18.5. The molecule has 6 nitrogen and oxygen atoms in total. The van der Waals surface area contributed by atoms with Gasteiger partial charge in [-0.25, -0.2) is 8.78 Å². The summed E-state index contributed by atoms with van der Waals surface area (Å²) in [4.78, 5) is 12.1. The summed E-state index contributed by atoms with van der Waals surface area (Å²) in [5, 5.41) is 15.6. The predicted octanol–water partition coefficient (Wildman–Crippen LogP) is 4.16. The first-order chi connectivity index (χ1) is 16.0. The molecule has 3 heterocycles. The average molecular weight is 453 g/mol. The number of hydrogen-bond donors (Lipinski definition) is 0. The van der Waals surface area contributed by atoms with E-state index in [9.17, 15) is 14.0 Å². The minimum Gasteiger partial charge on any atom is -0.619 e. The van der Waals surface area contributed by atoms with Crippen LogP contribution in [0.4, 0.5) is 8.78 Å². The molecule has 0 N–H and O–H groups in total. The zero-order valence-electron chi connectivity index (χ0n) is 18.5. The van der Waals surface area contributed by atoms with Crippen molar-refractivity contribution in [2.24, 2.45) is 5.16 Å². The van der Waals surface area contributed by atoms with Crippen LogP contribution in [0.3, 0.4) is 0 Å². The molecule has 0 aliphatic carbocycles. The van der Waals surface area contributed by atoms with Gasteiger partial charge in [-0.2, -0.15) is 4.73 Å². The summed E-state index contributed by atoms with van der Waals surface area (Å²) in [5.74, 6) is -1.46. The van der Waals surface area contributed by atoms with E-state index in [1.165, 1.54) is 12.3 Å². The lowest BCUT2D eigenvalue weighted by Gasteiger charge is -2.31. The first-order valence-electron chi connectivity index (χ1n) is 11.0. The Kier molecular flexibility index (Phi) is 7.24. The standard InChI is InChI=1S/C25H26F2N4O2/c1-2-33-29-25(19-6-8-23(26)24(27)14-19)20-5-7-22(28-15-20)17-30-12-9-18(10-13-30)21-4-3-11-31(32)16-21/h3-8,11,14-16,18H,2,9-10,12-13,17H2,1H3. The molecule has 0 amide bonds. The van der Waals surface area contributed by atoms with Crippen LogP contribution in [0.25, 0.3) is 0 Å². The molecule has 0 radical (unpaired) electrons. The molecule has 1 saturated heterocycles. The van der Waals surface area contributed by atoms with Gasteiger partial charge in [0, 0.05) is 35.5 Å². The van der Waals surface area contributed by atoms with Crippen LogP contribution in [0, 0.1) is 16.8 Å². The van der Waals surface area contributed by atoms with Gasteiger partial charge in [0.25, 0.3) is 0 Å². The molecule has 172 valence electrons. The number of benzene rings is 1. The maximum atomic E-state index is 13.7. The highest BCUT2D eigenvalue weighted by Gasteiger charge is 2.22. The van der Waals surface area contributed by atoms with Gasteiger partial charge < -0.3 is 10.0 Å². The molecule has 0 bridgehead atoms. The van der Waals surface area contributed by atoms with Crippen molar-refractivity contribution in [1.29, 1.82) is 0 Å². The fraction of sp³-hybridized carbons (Fsp3) is 0.320. The van der Waals surface area contributed by atoms with Crippen molar-refractivity contribution in [3.05, 3.63) is 100 Å². The molecule has 3 aromatic rings. The van der Waals surface area contributed by atoms with E-state index in [-0.39, 0.29) is 0 Å². The smallest absolute Gasteiger partial charge is 0.183 e. The Morgan fingerprint density at radius 2 is 1.94 bits per heavy atom. The van der Waals surface area contributed by atoms with E-state index in [1.54, 1.807) is 25.4 Å². The Balaban J connectivity index is 1.41. The molecule has 1 fully saturated rings. The highest BCUT2D eigenvalue weighted by atomic mass is 19.2. The van der Waals surface area contributed by atoms with Crippen molar-refractivity contribution in [1.82, 2.24) is 9.88 Å². The normalized spacial score (nSPS) is 15.5. The summed E-state index contributed by atoms with van der Waals surface area (Å²) < 4.78 is 28.0. The fourth-order valence-corrected chi connectivity index (χ4v) is 4.07. The molecule has 1 aliphatic heterocycles. The van der Waals surface area contributed by atoms with Crippen molar-refractivity contribution in [2.75, 3.05) is 19.7 Å². The van der Waals surface area contributed by atoms with Gasteiger partial charge in [-0.15, -0.1) is 0 Å². The summed E-state index contributed by atoms with van der Waals surface area (Å²) in [6, 6.07) is 11.2. The van der Waals surface area contributed by atoms with Crippen LogP contribution in [0.1, 0.15) is 48.1 Å². The van der Waals surface area contributed by atoms with Crippen molar-refractivity contribution in [3.8, 4) is 0 Å². The minimum absolute atomic E-state index is 0.354. The molecule has 0 unspecified atom stereocenters. The average Bonchev–Trinajstić information content (AvgIpc) is 2.83. The fourth-order valence-electron chi connectivity index (χ4n) is 4.07. The number of aromatic nitrogens is 2. The van der Waals surface area contributed by atoms with Gasteiger partial charge in [0.1, 0.15) is 12.3 Å². The van der Waals surface area contributed by atoms with E-state index in [0.29, 0.717) is 35.9 Å². The van der Waals surface area contributed by atoms with Gasteiger partial charge in [0.2, 0.25) is 0 Å². The monoisotopic (exact) mass is 452 g/mol. The number of rotatable bonds is 7. The number of pyridine rings is 2. The van der Waals surface area contributed by atoms with Crippen LogP contribution < -0.4 is 4.73 Å². The largest absolute Gasteiger partial charge is 0.619 e. The summed E-state index contributed by atoms with van der Waals surface area (Å²) in [7, 11) is 0. The van der Waals surface area contributed by atoms with Crippen LogP contribution in [-0.2, 0) is 11.4 Å². The van der Waals surface area contributed by atoms with Crippen LogP contribution in [-0.4, -0.2) is 35.3 Å². The molecule has 0 saturated carbocycles. The van der Waals surface area contributed by atoms with Gasteiger partial charge in [0.05, 0.1) is 5.69 Å². The maximum Gasteiger partial charge on any atom is 0.183 e. The van der Waals surface area contributed by atoms with Crippen molar-refractivity contribution < 1.29 is 18.3 Å². The van der Waals surface area contributed by atoms with Gasteiger partial charge in [0.15, 0.2) is 24.0 Å². The Morgan fingerprint density at radius 3 is 2.61 bits per heavy atom. The number of hydrogen-bond acceptors (Lipinski definition) is 5. The number of halogens is 2. The van der Waals surface area contributed by atoms with Crippen LogP contribution in [0.5, 0.6) is 0 Å². The summed E-state index contributed by atoms with van der Waals surface area (Å²) in [6.45, 7) is 4.72. The predicted molar refractivity (Wildman–Crippen MR) is 121 cm³/mol. The molecule has 0 spiro atoms. The molecule has 1 aliphatic rings. The first-order valence-corrected chi connectivity index (χ1v) is 11.0. The van der Waals surface area contributed by atoms with Crippen LogP contribution in [0.15, 0.2) is 66.2 Å². The molecule has 1 aromatic carbocycles. The molecular formula is C25H26F2N4O2. The number of likely N-dealkylation sites (tertiary alicyclic amines) is 1. The quantitative estimate of drug-likeness (QED) is 0.234. The third kappa shape index (κ3) is 5.70. The lowest BCUT2D eigenvalue weighted by atomic mass is 9.90. The second-order valence-corrected chi connectivity index (χ2v) is 8.07. The second-order valence-electron chi connectivity index (χ2n) is 8.07. The van der Waals surface area contributed by atoms with E-state index >= 15 is 0 Å². The topological polar surface area (TPSA) is 64.7 Å². The van der Waals surface area contributed by atoms with E-state index in [4.69, 9.17) is 4.84 Å². The summed E-state index contributed by atoms with van der Waals surface area (Å²) in [5.41, 5.74) is 3.48. The van der Waals surface area contributed by atoms with E-state index in [0.717, 1.165) is 54.1 Å². The van der Waals surface area contributed by atoms with Crippen molar-refractivity contribution >= 4 is 5.71 Å². The lowest BCUT2D eigenvalue weighted by molar-refractivity contribution is -0.606. The van der Waals surface area contributed by atoms with E-state index in [1.807, 2.05) is 18.2 Å². The lowest BCUT2D eigenvalue weighted by Crippen LogP contribution is -2.33. The highest BCUT2D eigenvalue weighted by molar-refractivity contribution is 6.12. The van der Waals surface area contributed by atoms with Gasteiger partial charge in [-0.1, -0.05) is 5.16 Å². The second kappa shape index (κ2) is 10.5. The van der Waals surface area contributed by atoms with Gasteiger partial charge in [-0.05, 0) is 75.2 Å². The SMILES string of the molecule is CCON=C(c1ccc(CN2CCC(c3ccc[n+]([O-])c3)CC2)nc1)c1ccc(F)c(F)c1.